The highest BCUT2D eigenvalue weighted by molar-refractivity contribution is 6.30. The molecule has 0 saturated carbocycles. The lowest BCUT2D eigenvalue weighted by Crippen LogP contribution is -2.38. The Bertz CT molecular complexity index is 1210. The molecule has 36 heavy (non-hydrogen) atoms. The van der Waals surface area contributed by atoms with Gasteiger partial charge in [-0.25, -0.2) is 4.68 Å². The number of likely N-dealkylation sites (tertiary alicyclic amines) is 1. The molecular formula is C30H37ClN4O. The number of hydrogen-bond donors (Lipinski definition) is 0. The van der Waals surface area contributed by atoms with Crippen molar-refractivity contribution in [3.8, 4) is 5.69 Å². The lowest BCUT2D eigenvalue weighted by Gasteiger charge is -2.26. The second-order valence-electron chi connectivity index (χ2n) is 9.28. The standard InChI is InChI=1S/C30H37ClN4O/c1-5-27-29(30(36)34-19-18-26(21-34)33(7-3)8-4)28(6-2)35(32-27)25-11-9-10-23(20-25)13-12-22-14-16-24(31)17-15-22/h9-17,20,26H,5-8,18-19,21H2,1-4H3/b13-12+. The van der Waals surface area contributed by atoms with Crippen molar-refractivity contribution in [2.45, 2.75) is 53.0 Å². The Hall–Kier alpha value is -2.89. The zero-order valence-corrected chi connectivity index (χ0v) is 22.6. The molecule has 0 radical (unpaired) electrons. The first-order chi connectivity index (χ1) is 17.5. The van der Waals surface area contributed by atoms with Gasteiger partial charge in [-0.3, -0.25) is 9.69 Å². The zero-order chi connectivity index (χ0) is 25.7. The minimum atomic E-state index is 0.128. The summed E-state index contributed by atoms with van der Waals surface area (Å²) in [6.07, 6.45) is 6.67. The van der Waals surface area contributed by atoms with E-state index in [-0.39, 0.29) is 5.91 Å². The van der Waals surface area contributed by atoms with Gasteiger partial charge >= 0.3 is 0 Å². The first-order valence-corrected chi connectivity index (χ1v) is 13.5. The van der Waals surface area contributed by atoms with E-state index in [4.69, 9.17) is 16.7 Å². The summed E-state index contributed by atoms with van der Waals surface area (Å²) in [5, 5.41) is 5.67. The Morgan fingerprint density at radius 2 is 1.75 bits per heavy atom. The number of hydrogen-bond acceptors (Lipinski definition) is 3. The summed E-state index contributed by atoms with van der Waals surface area (Å²) in [6.45, 7) is 12.2. The van der Waals surface area contributed by atoms with Crippen LogP contribution in [0.15, 0.2) is 48.5 Å². The van der Waals surface area contributed by atoms with Crippen molar-refractivity contribution < 1.29 is 4.79 Å². The minimum Gasteiger partial charge on any atom is -0.337 e. The summed E-state index contributed by atoms with van der Waals surface area (Å²) in [4.78, 5) is 18.3. The Morgan fingerprint density at radius 1 is 1.03 bits per heavy atom. The van der Waals surface area contributed by atoms with E-state index in [0.717, 1.165) is 84.2 Å². The molecule has 0 spiro atoms. The monoisotopic (exact) mass is 504 g/mol. The van der Waals surface area contributed by atoms with Crippen molar-refractivity contribution >= 4 is 29.7 Å². The molecule has 1 atom stereocenters. The second kappa shape index (κ2) is 11.9. The average Bonchev–Trinajstić information content (AvgIpc) is 3.54. The Kier molecular flexibility index (Phi) is 8.65. The molecule has 1 amide bonds. The highest BCUT2D eigenvalue weighted by atomic mass is 35.5. The van der Waals surface area contributed by atoms with Crippen molar-refractivity contribution in [3.05, 3.63) is 81.6 Å². The summed E-state index contributed by atoms with van der Waals surface area (Å²) in [5.74, 6) is 0.128. The molecule has 190 valence electrons. The van der Waals surface area contributed by atoms with Gasteiger partial charge in [0.1, 0.15) is 0 Å². The highest BCUT2D eigenvalue weighted by Crippen LogP contribution is 2.26. The van der Waals surface area contributed by atoms with Gasteiger partial charge in [0.2, 0.25) is 0 Å². The second-order valence-corrected chi connectivity index (χ2v) is 9.72. The van der Waals surface area contributed by atoms with Crippen LogP contribution in [0.25, 0.3) is 17.8 Å². The van der Waals surface area contributed by atoms with Crippen LogP contribution >= 0.6 is 11.6 Å². The van der Waals surface area contributed by atoms with Crippen LogP contribution in [-0.2, 0) is 12.8 Å². The largest absolute Gasteiger partial charge is 0.337 e. The van der Waals surface area contributed by atoms with Gasteiger partial charge < -0.3 is 4.90 Å². The molecule has 1 aromatic heterocycles. The number of aromatic nitrogens is 2. The fourth-order valence-corrected chi connectivity index (χ4v) is 5.31. The fraction of sp³-hybridized carbons (Fsp3) is 0.400. The third-order valence-electron chi connectivity index (χ3n) is 7.17. The van der Waals surface area contributed by atoms with Gasteiger partial charge in [-0.05, 0) is 67.7 Å². The van der Waals surface area contributed by atoms with E-state index < -0.39 is 0 Å². The third-order valence-corrected chi connectivity index (χ3v) is 7.42. The van der Waals surface area contributed by atoms with Crippen LogP contribution < -0.4 is 0 Å². The average molecular weight is 505 g/mol. The maximum atomic E-state index is 13.8. The maximum Gasteiger partial charge on any atom is 0.257 e. The van der Waals surface area contributed by atoms with Gasteiger partial charge in [0.05, 0.1) is 22.6 Å². The van der Waals surface area contributed by atoms with Crippen LogP contribution in [0.3, 0.4) is 0 Å². The molecule has 2 aromatic carbocycles. The molecule has 1 unspecified atom stereocenters. The minimum absolute atomic E-state index is 0.128. The lowest BCUT2D eigenvalue weighted by molar-refractivity contribution is 0.0776. The van der Waals surface area contributed by atoms with Crippen LogP contribution in [0.1, 0.15) is 67.0 Å². The summed E-state index contributed by atoms with van der Waals surface area (Å²) < 4.78 is 1.98. The van der Waals surface area contributed by atoms with Gasteiger partial charge in [0, 0.05) is 24.2 Å². The van der Waals surface area contributed by atoms with E-state index in [2.05, 4.69) is 62.9 Å². The zero-order valence-electron chi connectivity index (χ0n) is 21.9. The molecule has 6 heteroatoms. The van der Waals surface area contributed by atoms with Crippen molar-refractivity contribution in [2.24, 2.45) is 0 Å². The van der Waals surface area contributed by atoms with Crippen LogP contribution in [-0.4, -0.2) is 57.7 Å². The van der Waals surface area contributed by atoms with Gasteiger partial charge in [-0.1, -0.05) is 75.7 Å². The normalized spacial score (nSPS) is 15.9. The summed E-state index contributed by atoms with van der Waals surface area (Å²) in [7, 11) is 0. The smallest absolute Gasteiger partial charge is 0.257 e. The number of amides is 1. The quantitative estimate of drug-likeness (QED) is 0.317. The number of benzene rings is 2. The SMILES string of the molecule is CCc1nn(-c2cccc(/C=C/c3ccc(Cl)cc3)c2)c(CC)c1C(=O)N1CCC(N(CC)CC)C1. The van der Waals surface area contributed by atoms with E-state index in [1.807, 2.05) is 39.9 Å². The number of rotatable bonds is 9. The van der Waals surface area contributed by atoms with Crippen LogP contribution in [0.5, 0.6) is 0 Å². The summed E-state index contributed by atoms with van der Waals surface area (Å²) in [6, 6.07) is 16.5. The molecule has 0 N–H and O–H groups in total. The molecular weight excluding hydrogens is 468 g/mol. The Labute approximate surface area is 220 Å². The van der Waals surface area contributed by atoms with Crippen molar-refractivity contribution in [3.63, 3.8) is 0 Å². The van der Waals surface area contributed by atoms with E-state index >= 15 is 0 Å². The van der Waals surface area contributed by atoms with Gasteiger partial charge in [-0.2, -0.15) is 5.10 Å². The van der Waals surface area contributed by atoms with Gasteiger partial charge in [-0.15, -0.1) is 0 Å². The van der Waals surface area contributed by atoms with E-state index in [1.54, 1.807) is 0 Å². The number of carbonyl (C=O) groups excluding carboxylic acids is 1. The molecule has 0 bridgehead atoms. The van der Waals surface area contributed by atoms with Gasteiger partial charge in [0.15, 0.2) is 0 Å². The predicted octanol–water partition coefficient (Wildman–Crippen LogP) is 6.38. The van der Waals surface area contributed by atoms with Crippen LogP contribution in [0.2, 0.25) is 5.02 Å². The fourth-order valence-electron chi connectivity index (χ4n) is 5.19. The molecule has 1 fully saturated rings. The lowest BCUT2D eigenvalue weighted by atomic mass is 10.1. The van der Waals surface area contributed by atoms with E-state index in [0.29, 0.717) is 6.04 Å². The molecule has 0 aliphatic carbocycles. The number of halogens is 1. The summed E-state index contributed by atoms with van der Waals surface area (Å²) in [5.41, 5.74) is 5.80. The van der Waals surface area contributed by atoms with Gasteiger partial charge in [0.25, 0.3) is 5.91 Å². The van der Waals surface area contributed by atoms with Crippen LogP contribution in [0, 0.1) is 0 Å². The predicted molar refractivity (Wildman–Crippen MR) is 150 cm³/mol. The first kappa shape index (κ1) is 26.2. The Morgan fingerprint density at radius 3 is 2.42 bits per heavy atom. The summed E-state index contributed by atoms with van der Waals surface area (Å²) >= 11 is 6.01. The van der Waals surface area contributed by atoms with E-state index in [1.165, 1.54) is 0 Å². The maximum absolute atomic E-state index is 13.8. The molecule has 3 aromatic rings. The number of nitrogens with zero attached hydrogens (tertiary/aromatic N) is 4. The number of likely N-dealkylation sites (N-methyl/N-ethyl adjacent to an activating group) is 1. The third kappa shape index (κ3) is 5.58. The van der Waals surface area contributed by atoms with Crippen molar-refractivity contribution in [1.82, 2.24) is 19.6 Å². The highest BCUT2D eigenvalue weighted by Gasteiger charge is 2.33. The van der Waals surface area contributed by atoms with Crippen molar-refractivity contribution in [2.75, 3.05) is 26.2 Å². The molecule has 5 nitrogen and oxygen atoms in total. The molecule has 1 saturated heterocycles. The molecule has 2 heterocycles. The van der Waals surface area contributed by atoms with Crippen LogP contribution in [0.4, 0.5) is 0 Å². The number of carbonyl (C=O) groups is 1. The topological polar surface area (TPSA) is 41.4 Å². The Balaban J connectivity index is 1.62. The first-order valence-electron chi connectivity index (χ1n) is 13.2. The van der Waals surface area contributed by atoms with Crippen molar-refractivity contribution in [1.29, 1.82) is 0 Å². The molecule has 4 rings (SSSR count). The van der Waals surface area contributed by atoms with E-state index in [9.17, 15) is 4.79 Å². The molecule has 1 aliphatic heterocycles. The number of aryl methyl sites for hydroxylation is 1. The molecule has 1 aliphatic rings.